The minimum atomic E-state index is -4.64. The molecule has 2 atom stereocenters. The van der Waals surface area contributed by atoms with Gasteiger partial charge >= 0.3 is 11.9 Å². The summed E-state index contributed by atoms with van der Waals surface area (Å²) in [7, 11) is 1.20. The lowest BCUT2D eigenvalue weighted by Gasteiger charge is -2.28. The Hall–Kier alpha value is -0.990. The predicted molar refractivity (Wildman–Crippen MR) is 416 cm³/mol. The number of carbonyl (C=O) groups is 2. The van der Waals surface area contributed by atoms with Crippen molar-refractivity contribution in [1.82, 2.24) is 0 Å². The molecule has 574 valence electrons. The largest absolute Gasteiger partial charge is 0.756 e. The minimum absolute atomic E-state index is 0.0246. The number of quaternary nitrogens is 1. The minimum Gasteiger partial charge on any atom is -0.756 e. The molecule has 0 heterocycles. The Morgan fingerprint density at radius 2 is 0.469 bits per heavy atom. The van der Waals surface area contributed by atoms with Gasteiger partial charge in [0, 0.05) is 12.8 Å². The third-order valence-corrected chi connectivity index (χ3v) is 21.6. The average molecular weight is 1380 g/mol. The Kier molecular flexibility index (Phi) is 77.3. The van der Waals surface area contributed by atoms with E-state index in [1.54, 1.807) is 0 Å². The van der Waals surface area contributed by atoms with Crippen molar-refractivity contribution >= 4 is 19.8 Å². The van der Waals surface area contributed by atoms with Gasteiger partial charge in [-0.05, 0) is 12.8 Å². The fourth-order valence-electron chi connectivity index (χ4n) is 14.0. The van der Waals surface area contributed by atoms with Crippen LogP contribution in [-0.4, -0.2) is 70.0 Å². The van der Waals surface area contributed by atoms with Gasteiger partial charge in [0.2, 0.25) is 0 Å². The van der Waals surface area contributed by atoms with Gasteiger partial charge in [-0.2, -0.15) is 0 Å². The van der Waals surface area contributed by atoms with Crippen molar-refractivity contribution in [1.29, 1.82) is 0 Å². The molecule has 0 aliphatic heterocycles. The van der Waals surface area contributed by atoms with Gasteiger partial charge in [0.1, 0.15) is 19.8 Å². The second kappa shape index (κ2) is 78.2. The van der Waals surface area contributed by atoms with E-state index in [0.29, 0.717) is 17.4 Å². The number of rotatable bonds is 84. The van der Waals surface area contributed by atoms with Crippen LogP contribution in [0.5, 0.6) is 0 Å². The third-order valence-electron chi connectivity index (χ3n) is 20.6. The molecular weight excluding hydrogens is 1210 g/mol. The summed E-state index contributed by atoms with van der Waals surface area (Å²) < 4.78 is 34.5. The van der Waals surface area contributed by atoms with Crippen LogP contribution >= 0.6 is 7.82 Å². The first-order chi connectivity index (χ1) is 47.0. The van der Waals surface area contributed by atoms with Gasteiger partial charge in [0.25, 0.3) is 7.82 Å². The van der Waals surface area contributed by atoms with Gasteiger partial charge in [-0.25, -0.2) is 0 Å². The summed E-state index contributed by atoms with van der Waals surface area (Å²) in [6.45, 7) is 4.36. The normalized spacial score (nSPS) is 12.9. The quantitative estimate of drug-likeness (QED) is 0.0256. The second-order valence-electron chi connectivity index (χ2n) is 31.6. The molecule has 0 aliphatic rings. The van der Waals surface area contributed by atoms with E-state index in [9.17, 15) is 19.0 Å². The first-order valence-electron chi connectivity index (χ1n) is 43.7. The highest BCUT2D eigenvalue weighted by Gasteiger charge is 2.22. The molecular formula is C86H172NO8P. The van der Waals surface area contributed by atoms with Crippen molar-refractivity contribution in [2.24, 2.45) is 0 Å². The molecule has 96 heavy (non-hydrogen) atoms. The third kappa shape index (κ3) is 82.0. The fourth-order valence-corrected chi connectivity index (χ4v) is 14.7. The van der Waals surface area contributed by atoms with Crippen LogP contribution < -0.4 is 4.89 Å². The van der Waals surface area contributed by atoms with Crippen molar-refractivity contribution in [3.05, 3.63) is 0 Å². The monoisotopic (exact) mass is 1380 g/mol. The molecule has 10 heteroatoms. The molecule has 0 N–H and O–H groups in total. The van der Waals surface area contributed by atoms with Gasteiger partial charge in [0.05, 0.1) is 27.7 Å². The van der Waals surface area contributed by atoms with Crippen LogP contribution in [0.15, 0.2) is 0 Å². The van der Waals surface area contributed by atoms with Gasteiger partial charge in [0.15, 0.2) is 6.10 Å². The molecule has 0 aliphatic carbocycles. The zero-order chi connectivity index (χ0) is 69.7. The SMILES string of the molecule is CCCCCCCCCCCCCCCCCCCCCCCCCCCCCCCCCCCCCCCCCCC(=O)OC(COC(=O)CCCCCCCCCCCCCCCCCCCCCCCCCCCCCCCCCC)COP(=O)([O-])OCC[N+](C)(C)C. The Labute approximate surface area is 601 Å². The van der Waals surface area contributed by atoms with Gasteiger partial charge < -0.3 is 27.9 Å². The highest BCUT2D eigenvalue weighted by Crippen LogP contribution is 2.38. The summed E-state index contributed by atoms with van der Waals surface area (Å²) in [5, 5.41) is 0. The van der Waals surface area contributed by atoms with Crippen molar-refractivity contribution in [2.75, 3.05) is 47.5 Å². The van der Waals surface area contributed by atoms with Crippen molar-refractivity contribution in [3.8, 4) is 0 Å². The van der Waals surface area contributed by atoms with Gasteiger partial charge in [-0.1, -0.05) is 463 Å². The summed E-state index contributed by atoms with van der Waals surface area (Å²) in [6, 6.07) is 0. The zero-order valence-electron chi connectivity index (χ0n) is 65.9. The van der Waals surface area contributed by atoms with Gasteiger partial charge in [-0.15, -0.1) is 0 Å². The summed E-state index contributed by atoms with van der Waals surface area (Å²) >= 11 is 0. The molecule has 0 spiro atoms. The topological polar surface area (TPSA) is 111 Å². The number of nitrogens with zero attached hydrogens (tertiary/aromatic N) is 1. The smallest absolute Gasteiger partial charge is 0.306 e. The number of likely N-dealkylation sites (N-methyl/N-ethyl adjacent to an activating group) is 1. The molecule has 0 fully saturated rings. The summed E-state index contributed by atoms with van der Waals surface area (Å²) in [6.07, 6.45) is 98.5. The number of ether oxygens (including phenoxy) is 2. The Bertz CT molecular complexity index is 1570. The number of hydrogen-bond donors (Lipinski definition) is 0. The van der Waals surface area contributed by atoms with Crippen molar-refractivity contribution < 1.29 is 42.1 Å². The van der Waals surface area contributed by atoms with Crippen molar-refractivity contribution in [2.45, 2.75) is 495 Å². The molecule has 0 rings (SSSR count). The second-order valence-corrected chi connectivity index (χ2v) is 33.0. The number of carbonyl (C=O) groups excluding carboxylic acids is 2. The summed E-state index contributed by atoms with van der Waals surface area (Å²) in [5.41, 5.74) is 0. The number of phosphoric ester groups is 1. The Morgan fingerprint density at radius 1 is 0.281 bits per heavy atom. The maximum Gasteiger partial charge on any atom is 0.306 e. The first kappa shape index (κ1) is 95.0. The molecule has 0 aromatic carbocycles. The first-order valence-corrected chi connectivity index (χ1v) is 45.2. The van der Waals surface area contributed by atoms with E-state index in [-0.39, 0.29) is 32.0 Å². The van der Waals surface area contributed by atoms with Crippen molar-refractivity contribution in [3.63, 3.8) is 0 Å². The standard InChI is InChI=1S/C86H172NO8P/c1-6-8-10-12-14-16-18-20-22-24-26-28-30-32-34-36-38-40-41-42-43-44-45-46-47-49-51-53-55-57-59-61-63-65-67-69-71-73-75-77-79-86(89)95-84(83-94-96(90,91)93-81-80-87(3,4)5)82-92-85(88)78-76-74-72-70-68-66-64-62-60-58-56-54-52-50-48-39-37-35-33-31-29-27-25-23-21-19-17-15-13-11-9-7-2/h84H,6-83H2,1-5H3. The lowest BCUT2D eigenvalue weighted by Crippen LogP contribution is -2.37. The fraction of sp³-hybridized carbons (Fsp3) is 0.977. The molecule has 0 aromatic heterocycles. The van der Waals surface area contributed by atoms with Gasteiger partial charge in [-0.3, -0.25) is 14.2 Å². The maximum atomic E-state index is 12.9. The molecule has 2 unspecified atom stereocenters. The van der Waals surface area contributed by atoms with E-state index in [4.69, 9.17) is 18.5 Å². The zero-order valence-corrected chi connectivity index (χ0v) is 66.8. The molecule has 0 saturated carbocycles. The van der Waals surface area contributed by atoms with Crippen LogP contribution in [0.1, 0.15) is 489 Å². The highest BCUT2D eigenvalue weighted by atomic mass is 31.2. The molecule has 0 aromatic rings. The average Bonchev–Trinajstić information content (AvgIpc) is 1.77. The van der Waals surface area contributed by atoms with E-state index in [1.807, 2.05) is 21.1 Å². The highest BCUT2D eigenvalue weighted by molar-refractivity contribution is 7.45. The maximum absolute atomic E-state index is 12.9. The predicted octanol–water partition coefficient (Wildman–Crippen LogP) is 28.6. The van der Waals surface area contributed by atoms with E-state index >= 15 is 0 Å². The molecule has 0 saturated heterocycles. The van der Waals surface area contributed by atoms with Crippen LogP contribution in [0.25, 0.3) is 0 Å². The van der Waals surface area contributed by atoms with E-state index in [1.165, 1.54) is 424 Å². The van der Waals surface area contributed by atoms with E-state index < -0.39 is 26.5 Å². The van der Waals surface area contributed by atoms with Crippen LogP contribution in [0.4, 0.5) is 0 Å². The van der Waals surface area contributed by atoms with E-state index in [2.05, 4.69) is 13.8 Å². The number of hydrogen-bond acceptors (Lipinski definition) is 8. The van der Waals surface area contributed by atoms with Crippen LogP contribution in [0, 0.1) is 0 Å². The molecule has 0 radical (unpaired) electrons. The van der Waals surface area contributed by atoms with E-state index in [0.717, 1.165) is 32.1 Å². The lowest BCUT2D eigenvalue weighted by atomic mass is 10.0. The lowest BCUT2D eigenvalue weighted by molar-refractivity contribution is -0.870. The number of esters is 2. The summed E-state index contributed by atoms with van der Waals surface area (Å²) in [5.74, 6) is -0.799. The molecule has 9 nitrogen and oxygen atoms in total. The van der Waals surface area contributed by atoms with Crippen LogP contribution in [0.2, 0.25) is 0 Å². The Morgan fingerprint density at radius 3 is 0.667 bits per heavy atom. The number of unbranched alkanes of at least 4 members (excludes halogenated alkanes) is 70. The molecule has 0 amide bonds. The van der Waals surface area contributed by atoms with Crippen LogP contribution in [0.3, 0.4) is 0 Å². The Balaban J connectivity index is 3.82. The number of phosphoric acid groups is 1. The van der Waals surface area contributed by atoms with Crippen LogP contribution in [-0.2, 0) is 32.7 Å². The summed E-state index contributed by atoms with van der Waals surface area (Å²) in [4.78, 5) is 38.2. The molecule has 0 bridgehead atoms.